The number of nitrogens with zero attached hydrogens (tertiary/aromatic N) is 4. The molecule has 0 atom stereocenters. The van der Waals surface area contributed by atoms with Crippen LogP contribution in [-0.2, 0) is 14.4 Å². The van der Waals surface area contributed by atoms with Crippen molar-refractivity contribution in [2.75, 3.05) is 0 Å². The number of imide groups is 1. The van der Waals surface area contributed by atoms with Crippen molar-refractivity contribution in [2.24, 2.45) is 5.11 Å². The maximum absolute atomic E-state index is 10.8. The first-order chi connectivity index (χ1) is 6.15. The van der Waals surface area contributed by atoms with E-state index < -0.39 is 17.9 Å². The van der Waals surface area contributed by atoms with Crippen LogP contribution in [0.3, 0.4) is 0 Å². The molecule has 0 aromatic rings. The molecule has 0 saturated carbocycles. The van der Waals surface area contributed by atoms with Crippen molar-refractivity contribution >= 4 is 17.9 Å². The Morgan fingerprint density at radius 1 is 1.46 bits per heavy atom. The lowest BCUT2D eigenvalue weighted by atomic mass is 10.4. The maximum Gasteiger partial charge on any atom is 0.422 e. The fourth-order valence-electron chi connectivity index (χ4n) is 0.791. The van der Waals surface area contributed by atoms with Gasteiger partial charge < -0.3 is 4.84 Å². The van der Waals surface area contributed by atoms with E-state index in [4.69, 9.17) is 5.53 Å². The normalized spacial score (nSPS) is 15.5. The zero-order chi connectivity index (χ0) is 9.84. The summed E-state index contributed by atoms with van der Waals surface area (Å²) in [6, 6.07) is 0. The third kappa shape index (κ3) is 1.94. The third-order valence-corrected chi connectivity index (χ3v) is 1.30. The Morgan fingerprint density at radius 2 is 2.00 bits per heavy atom. The van der Waals surface area contributed by atoms with Gasteiger partial charge in [-0.15, -0.1) is 5.06 Å². The summed E-state index contributed by atoms with van der Waals surface area (Å²) in [6.45, 7) is 0. The molecule has 68 valence electrons. The summed E-state index contributed by atoms with van der Waals surface area (Å²) in [6.07, 6.45) is -1.32. The van der Waals surface area contributed by atoms with Gasteiger partial charge in [0, 0.05) is 22.9 Å². The number of rotatable bonds is 1. The van der Waals surface area contributed by atoms with E-state index in [0.29, 0.717) is 5.06 Å². The minimum atomic E-state index is -1.33. The van der Waals surface area contributed by atoms with Gasteiger partial charge in [0.1, 0.15) is 0 Å². The highest BCUT2D eigenvalue weighted by atomic mass is 16.7. The van der Waals surface area contributed by atoms with Crippen LogP contribution >= 0.6 is 0 Å². The zero-order valence-corrected chi connectivity index (χ0v) is 6.34. The molecule has 0 N–H and O–H groups in total. The number of amides is 3. The lowest BCUT2D eigenvalue weighted by Gasteiger charge is -2.09. The molecular formula is C5H4N4O4. The molecule has 0 aliphatic carbocycles. The predicted molar refractivity (Wildman–Crippen MR) is 36.7 cm³/mol. The van der Waals surface area contributed by atoms with Crippen molar-refractivity contribution in [3.63, 3.8) is 0 Å². The highest BCUT2D eigenvalue weighted by Gasteiger charge is 2.32. The number of hydrogen-bond acceptors (Lipinski definition) is 4. The summed E-state index contributed by atoms with van der Waals surface area (Å²) in [7, 11) is 0. The average molecular weight is 184 g/mol. The number of carbonyl (C=O) groups is 3. The smallest absolute Gasteiger partial charge is 0.324 e. The first-order valence-corrected chi connectivity index (χ1v) is 3.28. The summed E-state index contributed by atoms with van der Waals surface area (Å²) in [4.78, 5) is 38.4. The van der Waals surface area contributed by atoms with Crippen LogP contribution in [0.1, 0.15) is 12.8 Å². The Balaban J connectivity index is 2.62. The molecule has 0 bridgehead atoms. The fraction of sp³-hybridized carbons (Fsp3) is 0.400. The average Bonchev–Trinajstić information content (AvgIpc) is 2.36. The Kier molecular flexibility index (Phi) is 2.46. The highest BCUT2D eigenvalue weighted by molar-refractivity contribution is 6.01. The van der Waals surface area contributed by atoms with Crippen molar-refractivity contribution in [3.8, 4) is 0 Å². The second-order valence-corrected chi connectivity index (χ2v) is 2.13. The summed E-state index contributed by atoms with van der Waals surface area (Å²) >= 11 is 0. The van der Waals surface area contributed by atoms with Gasteiger partial charge in [-0.2, -0.15) is 0 Å². The van der Waals surface area contributed by atoms with Gasteiger partial charge in [-0.25, -0.2) is 4.79 Å². The largest absolute Gasteiger partial charge is 0.422 e. The van der Waals surface area contributed by atoms with E-state index in [2.05, 4.69) is 14.9 Å². The van der Waals surface area contributed by atoms with E-state index in [0.717, 1.165) is 0 Å². The second-order valence-electron chi connectivity index (χ2n) is 2.13. The highest BCUT2D eigenvalue weighted by Crippen LogP contribution is 2.12. The standard InChI is InChI=1S/C5H4N4O4/c6-8-7-5(12)13-9-3(10)1-2-4(9)11/h1-2H2. The quantitative estimate of drug-likeness (QED) is 0.255. The molecule has 1 saturated heterocycles. The van der Waals surface area contributed by atoms with Crippen LogP contribution in [0.4, 0.5) is 4.79 Å². The predicted octanol–water partition coefficient (Wildman–Crippen LogP) is 0.497. The first kappa shape index (κ1) is 9.01. The van der Waals surface area contributed by atoms with E-state index in [1.54, 1.807) is 0 Å². The third-order valence-electron chi connectivity index (χ3n) is 1.30. The van der Waals surface area contributed by atoms with Gasteiger partial charge >= 0.3 is 6.09 Å². The van der Waals surface area contributed by atoms with Crippen LogP contribution in [0.5, 0.6) is 0 Å². The SMILES string of the molecule is [N-]=[N+]=NC(=O)ON1C(=O)CCC1=O. The lowest BCUT2D eigenvalue weighted by molar-refractivity contribution is -0.170. The van der Waals surface area contributed by atoms with Crippen molar-refractivity contribution in [3.05, 3.63) is 10.4 Å². The molecule has 0 unspecified atom stereocenters. The number of carbonyl (C=O) groups excluding carboxylic acids is 3. The summed E-state index contributed by atoms with van der Waals surface area (Å²) in [5.41, 5.74) is 7.81. The van der Waals surface area contributed by atoms with Crippen molar-refractivity contribution in [2.45, 2.75) is 12.8 Å². The zero-order valence-electron chi connectivity index (χ0n) is 6.34. The Labute approximate surface area is 71.6 Å². The van der Waals surface area contributed by atoms with Crippen molar-refractivity contribution in [1.29, 1.82) is 0 Å². The molecule has 3 amide bonds. The molecule has 1 fully saturated rings. The van der Waals surface area contributed by atoms with Gasteiger partial charge in [0.05, 0.1) is 0 Å². The molecule has 13 heavy (non-hydrogen) atoms. The maximum atomic E-state index is 10.8. The molecule has 0 spiro atoms. The van der Waals surface area contributed by atoms with Crippen LogP contribution in [0, 0.1) is 0 Å². The molecular weight excluding hydrogens is 180 g/mol. The summed E-state index contributed by atoms with van der Waals surface area (Å²) < 4.78 is 0. The van der Waals surface area contributed by atoms with E-state index in [1.807, 2.05) is 0 Å². The molecule has 1 aliphatic rings. The molecule has 0 aromatic carbocycles. The van der Waals surface area contributed by atoms with Gasteiger partial charge in [0.2, 0.25) is 0 Å². The molecule has 8 nitrogen and oxygen atoms in total. The van der Waals surface area contributed by atoms with E-state index in [-0.39, 0.29) is 12.8 Å². The minimum Gasteiger partial charge on any atom is -0.324 e. The minimum absolute atomic E-state index is 0.00236. The van der Waals surface area contributed by atoms with Crippen molar-refractivity contribution in [1.82, 2.24) is 5.06 Å². The van der Waals surface area contributed by atoms with Crippen LogP contribution < -0.4 is 0 Å². The molecule has 1 heterocycles. The summed E-state index contributed by atoms with van der Waals surface area (Å²) in [5, 5.41) is 2.83. The fourth-order valence-corrected chi connectivity index (χ4v) is 0.791. The lowest BCUT2D eigenvalue weighted by Crippen LogP contribution is -2.30. The van der Waals surface area contributed by atoms with Crippen LogP contribution in [0.15, 0.2) is 5.11 Å². The van der Waals surface area contributed by atoms with Gasteiger partial charge in [-0.1, -0.05) is 0 Å². The monoisotopic (exact) mass is 184 g/mol. The van der Waals surface area contributed by atoms with E-state index >= 15 is 0 Å². The summed E-state index contributed by atoms with van der Waals surface area (Å²) in [5.74, 6) is -1.24. The molecule has 1 rings (SSSR count). The van der Waals surface area contributed by atoms with E-state index in [1.165, 1.54) is 0 Å². The number of hydrogen-bond donors (Lipinski definition) is 0. The van der Waals surface area contributed by atoms with Crippen molar-refractivity contribution < 1.29 is 19.2 Å². The molecule has 0 radical (unpaired) electrons. The van der Waals surface area contributed by atoms with Gasteiger partial charge in [-0.05, 0) is 5.53 Å². The van der Waals surface area contributed by atoms with Gasteiger partial charge in [0.25, 0.3) is 11.8 Å². The van der Waals surface area contributed by atoms with Crippen LogP contribution in [-0.4, -0.2) is 23.0 Å². The number of hydroxylamine groups is 2. The van der Waals surface area contributed by atoms with E-state index in [9.17, 15) is 14.4 Å². The molecule has 0 aromatic heterocycles. The number of azide groups is 1. The van der Waals surface area contributed by atoms with Gasteiger partial charge in [-0.3, -0.25) is 9.59 Å². The topological polar surface area (TPSA) is 112 Å². The Bertz CT molecular complexity index is 302. The Hall–Kier alpha value is -2.08. The van der Waals surface area contributed by atoms with Crippen LogP contribution in [0.25, 0.3) is 10.4 Å². The second kappa shape index (κ2) is 3.55. The molecule has 8 heteroatoms. The van der Waals surface area contributed by atoms with Crippen LogP contribution in [0.2, 0.25) is 0 Å². The van der Waals surface area contributed by atoms with Gasteiger partial charge in [0.15, 0.2) is 0 Å². The first-order valence-electron chi connectivity index (χ1n) is 3.28. The Morgan fingerprint density at radius 3 is 2.46 bits per heavy atom. The molecule has 1 aliphatic heterocycles.